The van der Waals surface area contributed by atoms with E-state index in [1.54, 1.807) is 6.26 Å². The Morgan fingerprint density at radius 2 is 2.07 bits per heavy atom. The van der Waals surface area contributed by atoms with Gasteiger partial charge in [-0.3, -0.25) is 9.59 Å². The Morgan fingerprint density at radius 1 is 1.25 bits per heavy atom. The average molecular weight is 382 g/mol. The zero-order valence-electron chi connectivity index (χ0n) is 16.7. The van der Waals surface area contributed by atoms with Crippen molar-refractivity contribution in [3.05, 3.63) is 34.6 Å². The van der Waals surface area contributed by atoms with E-state index in [-0.39, 0.29) is 24.3 Å². The van der Waals surface area contributed by atoms with E-state index >= 15 is 0 Å². The quantitative estimate of drug-likeness (QED) is 0.801. The highest BCUT2D eigenvalue weighted by molar-refractivity contribution is 5.92. The van der Waals surface area contributed by atoms with Gasteiger partial charge in [-0.15, -0.1) is 0 Å². The summed E-state index contributed by atoms with van der Waals surface area (Å²) in [6.07, 6.45) is 3.95. The van der Waals surface area contributed by atoms with Gasteiger partial charge < -0.3 is 19.0 Å². The maximum absolute atomic E-state index is 13.2. The van der Waals surface area contributed by atoms with Crippen molar-refractivity contribution in [1.82, 2.24) is 9.80 Å². The minimum atomic E-state index is -0.590. The number of likely N-dealkylation sites (tertiary alicyclic amines) is 1. The molecule has 4 heterocycles. The molecule has 3 saturated heterocycles. The van der Waals surface area contributed by atoms with E-state index in [1.165, 1.54) is 5.56 Å². The summed E-state index contributed by atoms with van der Waals surface area (Å²) in [6, 6.07) is 1.98. The molecule has 2 aromatic rings. The van der Waals surface area contributed by atoms with Gasteiger partial charge in [0.05, 0.1) is 31.8 Å². The summed E-state index contributed by atoms with van der Waals surface area (Å²) in [7, 11) is 0. The van der Waals surface area contributed by atoms with Crippen LogP contribution < -0.4 is 0 Å². The Hall–Kier alpha value is -2.34. The van der Waals surface area contributed by atoms with Crippen LogP contribution in [-0.4, -0.2) is 53.1 Å². The molecule has 0 bridgehead atoms. The zero-order chi connectivity index (χ0) is 19.6. The number of carbonyl (C=O) groups is 2. The standard InChI is InChI=1S/C22H26N2O4/c1-13-9-14(2)20-16(12-27-21(20)15(13)3)10-18(25)23-7-5-22-17(23)11-19(26)24(22)6-4-8-28-22/h9,12,17H,4-8,10-11H2,1-3H3/t17-,22+/m1/s1. The minimum Gasteiger partial charge on any atom is -0.464 e. The first-order valence-electron chi connectivity index (χ1n) is 10.1. The lowest BCUT2D eigenvalue weighted by Crippen LogP contribution is -2.56. The number of amides is 2. The van der Waals surface area contributed by atoms with Crippen molar-refractivity contribution in [2.24, 2.45) is 0 Å². The molecule has 0 radical (unpaired) electrons. The van der Waals surface area contributed by atoms with Gasteiger partial charge in [-0.05, 0) is 43.9 Å². The molecule has 5 rings (SSSR count). The van der Waals surface area contributed by atoms with Crippen molar-refractivity contribution in [2.45, 2.75) is 58.2 Å². The fourth-order valence-corrected chi connectivity index (χ4v) is 5.43. The molecule has 6 nitrogen and oxygen atoms in total. The van der Waals surface area contributed by atoms with E-state index in [2.05, 4.69) is 26.8 Å². The lowest BCUT2D eigenvalue weighted by atomic mass is 9.98. The van der Waals surface area contributed by atoms with Gasteiger partial charge in [0.1, 0.15) is 5.58 Å². The van der Waals surface area contributed by atoms with E-state index in [0.29, 0.717) is 26.0 Å². The number of carbonyl (C=O) groups excluding carboxylic acids is 2. The Balaban J connectivity index is 1.44. The van der Waals surface area contributed by atoms with Crippen molar-refractivity contribution in [3.63, 3.8) is 0 Å². The Kier molecular flexibility index (Phi) is 3.85. The van der Waals surface area contributed by atoms with Crippen LogP contribution in [0.3, 0.4) is 0 Å². The number of aryl methyl sites for hydroxylation is 3. The second kappa shape index (κ2) is 6.08. The van der Waals surface area contributed by atoms with Gasteiger partial charge >= 0.3 is 0 Å². The molecule has 0 saturated carbocycles. The first-order valence-corrected chi connectivity index (χ1v) is 10.1. The van der Waals surface area contributed by atoms with Crippen LogP contribution in [-0.2, 0) is 20.7 Å². The van der Waals surface area contributed by atoms with Gasteiger partial charge in [0.25, 0.3) is 0 Å². The van der Waals surface area contributed by atoms with Gasteiger partial charge in [-0.1, -0.05) is 6.07 Å². The van der Waals surface area contributed by atoms with Crippen molar-refractivity contribution in [1.29, 1.82) is 0 Å². The normalized spacial score (nSPS) is 26.8. The maximum atomic E-state index is 13.2. The molecule has 6 heteroatoms. The van der Waals surface area contributed by atoms with Gasteiger partial charge in [0, 0.05) is 30.5 Å². The van der Waals surface area contributed by atoms with Crippen LogP contribution in [0.2, 0.25) is 0 Å². The van der Waals surface area contributed by atoms with Gasteiger partial charge in [0.15, 0.2) is 5.72 Å². The fourth-order valence-electron chi connectivity index (χ4n) is 5.43. The molecule has 0 unspecified atom stereocenters. The lowest BCUT2D eigenvalue weighted by molar-refractivity contribution is -0.181. The van der Waals surface area contributed by atoms with E-state index in [1.807, 2.05) is 9.80 Å². The molecule has 1 aromatic heterocycles. The van der Waals surface area contributed by atoms with Crippen LogP contribution in [0.5, 0.6) is 0 Å². The van der Waals surface area contributed by atoms with Crippen molar-refractivity contribution >= 4 is 22.8 Å². The number of hydrogen-bond acceptors (Lipinski definition) is 4. The molecular weight excluding hydrogens is 356 g/mol. The van der Waals surface area contributed by atoms with Crippen LogP contribution >= 0.6 is 0 Å². The fraction of sp³-hybridized carbons (Fsp3) is 0.545. The first-order chi connectivity index (χ1) is 13.4. The zero-order valence-corrected chi connectivity index (χ0v) is 16.7. The molecule has 3 aliphatic rings. The molecule has 1 aromatic carbocycles. The Labute approximate surface area is 164 Å². The molecule has 3 aliphatic heterocycles. The third kappa shape index (κ3) is 2.30. The van der Waals surface area contributed by atoms with Gasteiger partial charge in [0.2, 0.25) is 11.8 Å². The van der Waals surface area contributed by atoms with Gasteiger partial charge in [-0.25, -0.2) is 0 Å². The van der Waals surface area contributed by atoms with Crippen LogP contribution in [0.15, 0.2) is 16.7 Å². The highest BCUT2D eigenvalue weighted by Crippen LogP contribution is 2.45. The number of nitrogens with zero attached hydrogens (tertiary/aromatic N) is 2. The summed E-state index contributed by atoms with van der Waals surface area (Å²) in [5.41, 5.74) is 4.64. The van der Waals surface area contributed by atoms with Crippen molar-refractivity contribution in [2.75, 3.05) is 19.7 Å². The number of furan rings is 1. The second-order valence-corrected chi connectivity index (χ2v) is 8.43. The molecule has 148 valence electrons. The molecule has 2 atom stereocenters. The highest BCUT2D eigenvalue weighted by Gasteiger charge is 2.61. The molecule has 28 heavy (non-hydrogen) atoms. The number of ether oxygens (including phenoxy) is 1. The monoisotopic (exact) mass is 382 g/mol. The summed E-state index contributed by atoms with van der Waals surface area (Å²) in [4.78, 5) is 29.5. The van der Waals surface area contributed by atoms with Gasteiger partial charge in [-0.2, -0.15) is 0 Å². The minimum absolute atomic E-state index is 0.0472. The van der Waals surface area contributed by atoms with Crippen LogP contribution in [0.1, 0.15) is 41.5 Å². The lowest BCUT2D eigenvalue weighted by Gasteiger charge is -2.42. The predicted octanol–water partition coefficient (Wildman–Crippen LogP) is 2.85. The molecule has 1 spiro atoms. The van der Waals surface area contributed by atoms with E-state index < -0.39 is 5.72 Å². The molecule has 0 aliphatic carbocycles. The highest BCUT2D eigenvalue weighted by atomic mass is 16.5. The third-order valence-electron chi connectivity index (χ3n) is 6.90. The SMILES string of the molecule is Cc1cc(C)c2c(CC(=O)N3CC[C@@]45OCCCN4C(=O)C[C@@H]35)coc2c1C. The largest absolute Gasteiger partial charge is 0.464 e. The molecule has 0 N–H and O–H groups in total. The summed E-state index contributed by atoms with van der Waals surface area (Å²) < 4.78 is 11.9. The van der Waals surface area contributed by atoms with Crippen molar-refractivity contribution < 1.29 is 18.7 Å². The molecular formula is C22H26N2O4. The summed E-state index contributed by atoms with van der Waals surface area (Å²) in [5, 5.41) is 1.04. The Bertz CT molecular complexity index is 994. The Morgan fingerprint density at radius 3 is 2.89 bits per heavy atom. The maximum Gasteiger partial charge on any atom is 0.227 e. The molecule has 2 amide bonds. The van der Waals surface area contributed by atoms with E-state index in [0.717, 1.165) is 40.6 Å². The van der Waals surface area contributed by atoms with Crippen LogP contribution in [0.25, 0.3) is 11.0 Å². The van der Waals surface area contributed by atoms with E-state index in [4.69, 9.17) is 9.15 Å². The summed E-state index contributed by atoms with van der Waals surface area (Å²) in [5.74, 6) is 0.156. The number of rotatable bonds is 2. The predicted molar refractivity (Wildman–Crippen MR) is 104 cm³/mol. The molecule has 3 fully saturated rings. The first kappa shape index (κ1) is 17.7. The summed E-state index contributed by atoms with van der Waals surface area (Å²) >= 11 is 0. The number of fused-ring (bicyclic) bond motifs is 1. The topological polar surface area (TPSA) is 63.0 Å². The number of hydrogen-bond donors (Lipinski definition) is 0. The second-order valence-electron chi connectivity index (χ2n) is 8.43. The van der Waals surface area contributed by atoms with Crippen molar-refractivity contribution in [3.8, 4) is 0 Å². The summed E-state index contributed by atoms with van der Waals surface area (Å²) in [6.45, 7) is 8.22. The van der Waals surface area contributed by atoms with Crippen LogP contribution in [0, 0.1) is 20.8 Å². The third-order valence-corrected chi connectivity index (χ3v) is 6.90. The van der Waals surface area contributed by atoms with Crippen LogP contribution in [0.4, 0.5) is 0 Å². The van der Waals surface area contributed by atoms with E-state index in [9.17, 15) is 9.59 Å². The number of benzene rings is 1. The smallest absolute Gasteiger partial charge is 0.227 e. The average Bonchev–Trinajstić information content (AvgIpc) is 3.30.